The molecular weight excluding hydrogens is 340 g/mol. The normalized spacial score (nSPS) is 19.6. The molecule has 1 aliphatic rings. The summed E-state index contributed by atoms with van der Waals surface area (Å²) in [7, 11) is 2.26. The minimum atomic E-state index is 0.386. The Balaban J connectivity index is 1.75. The van der Waals surface area contributed by atoms with E-state index in [1.165, 1.54) is 33.3 Å². The highest BCUT2D eigenvalue weighted by atomic mass is 15.2. The Morgan fingerprint density at radius 3 is 2.21 bits per heavy atom. The van der Waals surface area contributed by atoms with E-state index >= 15 is 0 Å². The van der Waals surface area contributed by atoms with E-state index in [-0.39, 0.29) is 0 Å². The maximum Gasteiger partial charge on any atom is 0.0489 e. The van der Waals surface area contributed by atoms with E-state index in [1.807, 2.05) is 0 Å². The summed E-state index contributed by atoms with van der Waals surface area (Å²) in [5.74, 6) is 0.386. The number of hydrogen-bond acceptors (Lipinski definition) is 1. The van der Waals surface area contributed by atoms with Crippen molar-refractivity contribution in [3.05, 3.63) is 107 Å². The van der Waals surface area contributed by atoms with Crippen LogP contribution in [0.1, 0.15) is 35.2 Å². The lowest BCUT2D eigenvalue weighted by atomic mass is 9.81. The zero-order valence-corrected chi connectivity index (χ0v) is 16.5. The first-order chi connectivity index (χ1) is 13.7. The molecule has 4 aromatic rings. The van der Waals surface area contributed by atoms with Crippen molar-refractivity contribution >= 4 is 10.9 Å². The third-order valence-corrected chi connectivity index (χ3v) is 6.35. The lowest BCUT2D eigenvalue weighted by Gasteiger charge is -2.38. The average molecular weight is 367 g/mol. The van der Waals surface area contributed by atoms with Gasteiger partial charge in [-0.2, -0.15) is 0 Å². The number of fused-ring (bicyclic) bond motifs is 3. The minimum absolute atomic E-state index is 0.386. The molecule has 140 valence electrons. The third kappa shape index (κ3) is 2.76. The summed E-state index contributed by atoms with van der Waals surface area (Å²) in [4.78, 5) is 2.50. The lowest BCUT2D eigenvalue weighted by molar-refractivity contribution is 0.207. The molecule has 0 saturated carbocycles. The van der Waals surface area contributed by atoms with Crippen LogP contribution in [0, 0.1) is 0 Å². The first-order valence-corrected chi connectivity index (χ1v) is 10.1. The number of likely N-dealkylation sites (N-methyl/N-ethyl adjacent to an activating group) is 1. The molecule has 3 aromatic carbocycles. The van der Waals surface area contributed by atoms with Crippen molar-refractivity contribution in [2.45, 2.75) is 32.0 Å². The molecule has 2 nitrogen and oxygen atoms in total. The number of para-hydroxylation sites is 1. The van der Waals surface area contributed by atoms with Gasteiger partial charge in [-0.1, -0.05) is 78.9 Å². The quantitative estimate of drug-likeness (QED) is 0.454. The monoisotopic (exact) mass is 366 g/mol. The van der Waals surface area contributed by atoms with Crippen molar-refractivity contribution in [3.63, 3.8) is 0 Å². The Bertz CT molecular complexity index is 1100. The second-order valence-electron chi connectivity index (χ2n) is 7.99. The van der Waals surface area contributed by atoms with Gasteiger partial charge in [0, 0.05) is 41.6 Å². The fraction of sp³-hybridized carbons (Fsp3) is 0.231. The van der Waals surface area contributed by atoms with Gasteiger partial charge in [0.2, 0.25) is 0 Å². The molecule has 0 N–H and O–H groups in total. The maximum atomic E-state index is 2.54. The number of nitrogens with zero attached hydrogens (tertiary/aromatic N) is 2. The topological polar surface area (TPSA) is 8.17 Å². The summed E-state index contributed by atoms with van der Waals surface area (Å²) in [6.45, 7) is 4.27. The molecule has 2 unspecified atom stereocenters. The van der Waals surface area contributed by atoms with Crippen molar-refractivity contribution in [2.75, 3.05) is 7.05 Å². The first kappa shape index (κ1) is 17.3. The molecule has 5 rings (SSSR count). The van der Waals surface area contributed by atoms with Crippen LogP contribution in [-0.4, -0.2) is 22.6 Å². The number of rotatable bonds is 3. The fourth-order valence-electron chi connectivity index (χ4n) is 4.83. The van der Waals surface area contributed by atoms with Crippen LogP contribution < -0.4 is 0 Å². The standard InChI is InChI=1S/C26H26N2/c1-19-25(21-13-7-4-8-14-21)26-22-15-9-10-16-23(22)28(24(26)18-27(19)2)17-20-11-5-3-6-12-20/h3-16,19,25H,17-18H2,1-2H3. The Kier molecular flexibility index (Phi) is 4.29. The molecule has 0 spiro atoms. The molecule has 2 atom stereocenters. The van der Waals surface area contributed by atoms with Gasteiger partial charge in [0.15, 0.2) is 0 Å². The van der Waals surface area contributed by atoms with E-state index in [4.69, 9.17) is 0 Å². The first-order valence-electron chi connectivity index (χ1n) is 10.1. The number of hydrogen-bond donors (Lipinski definition) is 0. The molecule has 0 bridgehead atoms. The van der Waals surface area contributed by atoms with Gasteiger partial charge in [-0.15, -0.1) is 0 Å². The molecular formula is C26H26N2. The van der Waals surface area contributed by atoms with E-state index < -0.39 is 0 Å². The SMILES string of the molecule is CC1C(c2ccccc2)c2c(n(Cc3ccccc3)c3ccccc23)CN1C. The summed E-state index contributed by atoms with van der Waals surface area (Å²) in [6.07, 6.45) is 0. The van der Waals surface area contributed by atoms with Crippen molar-refractivity contribution in [1.82, 2.24) is 9.47 Å². The molecule has 0 saturated heterocycles. The Labute approximate surface area is 167 Å². The van der Waals surface area contributed by atoms with Gasteiger partial charge in [0.1, 0.15) is 0 Å². The number of benzene rings is 3. The van der Waals surface area contributed by atoms with E-state index in [0.29, 0.717) is 12.0 Å². The van der Waals surface area contributed by atoms with Gasteiger partial charge >= 0.3 is 0 Å². The molecule has 0 amide bonds. The molecule has 1 aliphatic heterocycles. The van der Waals surface area contributed by atoms with Crippen LogP contribution in [0.2, 0.25) is 0 Å². The fourth-order valence-corrected chi connectivity index (χ4v) is 4.83. The summed E-state index contributed by atoms with van der Waals surface area (Å²) in [6, 6.07) is 31.2. The van der Waals surface area contributed by atoms with Gasteiger partial charge in [-0.3, -0.25) is 4.90 Å². The zero-order valence-electron chi connectivity index (χ0n) is 16.5. The summed E-state index contributed by atoms with van der Waals surface area (Å²) in [5.41, 5.74) is 7.08. The zero-order chi connectivity index (χ0) is 19.1. The van der Waals surface area contributed by atoms with Gasteiger partial charge in [0.25, 0.3) is 0 Å². The second kappa shape index (κ2) is 6.96. The molecule has 2 heterocycles. The summed E-state index contributed by atoms with van der Waals surface area (Å²) in [5, 5.41) is 1.40. The third-order valence-electron chi connectivity index (χ3n) is 6.35. The predicted molar refractivity (Wildman–Crippen MR) is 117 cm³/mol. The minimum Gasteiger partial charge on any atom is -0.339 e. The number of aromatic nitrogens is 1. The average Bonchev–Trinajstić information content (AvgIpc) is 3.03. The lowest BCUT2D eigenvalue weighted by Crippen LogP contribution is -2.39. The van der Waals surface area contributed by atoms with Crippen molar-refractivity contribution in [2.24, 2.45) is 0 Å². The van der Waals surface area contributed by atoms with Crippen LogP contribution in [-0.2, 0) is 13.1 Å². The van der Waals surface area contributed by atoms with E-state index in [2.05, 4.69) is 108 Å². The largest absolute Gasteiger partial charge is 0.339 e. The van der Waals surface area contributed by atoms with Crippen LogP contribution in [0.15, 0.2) is 84.9 Å². The summed E-state index contributed by atoms with van der Waals surface area (Å²) < 4.78 is 2.54. The van der Waals surface area contributed by atoms with Crippen LogP contribution >= 0.6 is 0 Å². The summed E-state index contributed by atoms with van der Waals surface area (Å²) >= 11 is 0. The van der Waals surface area contributed by atoms with Crippen LogP contribution in [0.4, 0.5) is 0 Å². The smallest absolute Gasteiger partial charge is 0.0489 e. The van der Waals surface area contributed by atoms with Crippen molar-refractivity contribution < 1.29 is 0 Å². The highest BCUT2D eigenvalue weighted by Gasteiger charge is 2.35. The van der Waals surface area contributed by atoms with Crippen LogP contribution in [0.25, 0.3) is 10.9 Å². The van der Waals surface area contributed by atoms with E-state index in [0.717, 1.165) is 13.1 Å². The Hall–Kier alpha value is -2.84. The van der Waals surface area contributed by atoms with Crippen molar-refractivity contribution in [3.8, 4) is 0 Å². The van der Waals surface area contributed by atoms with Gasteiger partial charge in [0.05, 0.1) is 0 Å². The van der Waals surface area contributed by atoms with Gasteiger partial charge in [-0.05, 0) is 36.7 Å². The van der Waals surface area contributed by atoms with E-state index in [9.17, 15) is 0 Å². The van der Waals surface area contributed by atoms with Gasteiger partial charge in [-0.25, -0.2) is 0 Å². The highest BCUT2D eigenvalue weighted by molar-refractivity contribution is 5.87. The van der Waals surface area contributed by atoms with Crippen molar-refractivity contribution in [1.29, 1.82) is 0 Å². The molecule has 1 aromatic heterocycles. The maximum absolute atomic E-state index is 2.54. The molecule has 2 heteroatoms. The highest BCUT2D eigenvalue weighted by Crippen LogP contribution is 2.43. The molecule has 0 aliphatic carbocycles. The van der Waals surface area contributed by atoms with Gasteiger partial charge < -0.3 is 4.57 Å². The van der Waals surface area contributed by atoms with Crippen LogP contribution in [0.5, 0.6) is 0 Å². The molecule has 0 fully saturated rings. The second-order valence-corrected chi connectivity index (χ2v) is 7.99. The Morgan fingerprint density at radius 1 is 0.821 bits per heavy atom. The Morgan fingerprint density at radius 2 is 1.46 bits per heavy atom. The predicted octanol–water partition coefficient (Wildman–Crippen LogP) is 5.66. The van der Waals surface area contributed by atoms with E-state index in [1.54, 1.807) is 0 Å². The molecule has 0 radical (unpaired) electrons. The van der Waals surface area contributed by atoms with Crippen LogP contribution in [0.3, 0.4) is 0 Å². The molecule has 28 heavy (non-hydrogen) atoms.